The second kappa shape index (κ2) is 4.88. The van der Waals surface area contributed by atoms with Gasteiger partial charge in [-0.2, -0.15) is 0 Å². The van der Waals surface area contributed by atoms with Crippen molar-refractivity contribution in [2.24, 2.45) is 11.1 Å². The zero-order chi connectivity index (χ0) is 13.2. The number of rotatable bonds is 4. The molecule has 2 fully saturated rings. The number of nitrogens with two attached hydrogens (primary N) is 1. The smallest absolute Gasteiger partial charge is 0.329 e. The summed E-state index contributed by atoms with van der Waals surface area (Å²) < 4.78 is 0. The van der Waals surface area contributed by atoms with E-state index in [9.17, 15) is 14.7 Å². The molecule has 2 saturated carbocycles. The molecule has 0 aromatic rings. The van der Waals surface area contributed by atoms with Gasteiger partial charge in [-0.3, -0.25) is 4.79 Å². The molecule has 0 spiro atoms. The van der Waals surface area contributed by atoms with Gasteiger partial charge in [-0.25, -0.2) is 4.79 Å². The second-order valence-corrected chi connectivity index (χ2v) is 5.74. The van der Waals surface area contributed by atoms with Gasteiger partial charge in [-0.1, -0.05) is 25.7 Å². The molecule has 4 N–H and O–H groups in total. The monoisotopic (exact) mass is 254 g/mol. The van der Waals surface area contributed by atoms with Gasteiger partial charge in [-0.15, -0.1) is 0 Å². The van der Waals surface area contributed by atoms with E-state index in [1.807, 2.05) is 0 Å². The third-order valence-corrected chi connectivity index (χ3v) is 4.65. The number of amides is 1. The van der Waals surface area contributed by atoms with Crippen LogP contribution in [0.2, 0.25) is 0 Å². The van der Waals surface area contributed by atoms with Crippen molar-refractivity contribution in [1.29, 1.82) is 0 Å². The first-order valence-electron chi connectivity index (χ1n) is 6.81. The number of carbonyl (C=O) groups is 2. The van der Waals surface area contributed by atoms with Crippen molar-refractivity contribution in [2.75, 3.05) is 6.54 Å². The Hall–Kier alpha value is -1.10. The van der Waals surface area contributed by atoms with Crippen molar-refractivity contribution in [2.45, 2.75) is 56.9 Å². The highest BCUT2D eigenvalue weighted by Gasteiger charge is 2.48. The van der Waals surface area contributed by atoms with E-state index < -0.39 is 16.9 Å². The Morgan fingerprint density at radius 2 is 1.67 bits per heavy atom. The Bertz CT molecular complexity index is 339. The number of aliphatic carboxylic acids is 1. The molecule has 0 radical (unpaired) electrons. The molecule has 0 aliphatic heterocycles. The van der Waals surface area contributed by atoms with Crippen LogP contribution in [0.3, 0.4) is 0 Å². The molecule has 2 aliphatic rings. The third-order valence-electron chi connectivity index (χ3n) is 4.65. The van der Waals surface area contributed by atoms with E-state index in [1.165, 1.54) is 0 Å². The third kappa shape index (κ3) is 2.11. The molecule has 2 rings (SSSR count). The Morgan fingerprint density at radius 3 is 2.06 bits per heavy atom. The van der Waals surface area contributed by atoms with Crippen molar-refractivity contribution in [3.05, 3.63) is 0 Å². The summed E-state index contributed by atoms with van der Waals surface area (Å²) in [5, 5.41) is 12.2. The predicted molar refractivity (Wildman–Crippen MR) is 66.9 cm³/mol. The highest BCUT2D eigenvalue weighted by atomic mass is 16.4. The van der Waals surface area contributed by atoms with E-state index in [4.69, 9.17) is 5.73 Å². The van der Waals surface area contributed by atoms with Crippen molar-refractivity contribution >= 4 is 11.9 Å². The standard InChI is InChI=1S/C13H22N2O3/c14-9-12(5-4-6-12)10(16)15-13(11(17)18)7-2-1-3-8-13/h1-9,14H2,(H,15,16)(H,17,18). The summed E-state index contributed by atoms with van der Waals surface area (Å²) in [5.74, 6) is -1.05. The maximum absolute atomic E-state index is 12.3. The second-order valence-electron chi connectivity index (χ2n) is 5.74. The first-order valence-corrected chi connectivity index (χ1v) is 6.81. The molecular weight excluding hydrogens is 232 g/mol. The lowest BCUT2D eigenvalue weighted by Crippen LogP contribution is -2.61. The molecule has 102 valence electrons. The molecule has 2 aliphatic carbocycles. The average molecular weight is 254 g/mol. The fourth-order valence-corrected chi connectivity index (χ4v) is 3.03. The molecule has 0 bridgehead atoms. The summed E-state index contributed by atoms with van der Waals surface area (Å²) in [7, 11) is 0. The van der Waals surface area contributed by atoms with Gasteiger partial charge >= 0.3 is 5.97 Å². The van der Waals surface area contributed by atoms with Gasteiger partial charge in [0.15, 0.2) is 0 Å². The van der Waals surface area contributed by atoms with Gasteiger partial charge < -0.3 is 16.2 Å². The normalized spacial score (nSPS) is 24.9. The van der Waals surface area contributed by atoms with Gasteiger partial charge in [0.1, 0.15) is 5.54 Å². The molecule has 0 heterocycles. The SMILES string of the molecule is NCC1(C(=O)NC2(C(=O)O)CCCCC2)CCC1. The van der Waals surface area contributed by atoms with Crippen LogP contribution in [-0.2, 0) is 9.59 Å². The lowest BCUT2D eigenvalue weighted by Gasteiger charge is -2.43. The summed E-state index contributed by atoms with van der Waals surface area (Å²) in [6, 6.07) is 0. The van der Waals surface area contributed by atoms with Crippen LogP contribution < -0.4 is 11.1 Å². The molecule has 0 saturated heterocycles. The number of carboxylic acids is 1. The minimum atomic E-state index is -1.05. The Labute approximate surface area is 107 Å². The quantitative estimate of drug-likeness (QED) is 0.698. The summed E-state index contributed by atoms with van der Waals surface area (Å²) in [5.41, 5.74) is 4.14. The van der Waals surface area contributed by atoms with E-state index in [0.29, 0.717) is 19.4 Å². The summed E-state index contributed by atoms with van der Waals surface area (Å²) >= 11 is 0. The zero-order valence-corrected chi connectivity index (χ0v) is 10.7. The van der Waals surface area contributed by atoms with Gasteiger partial charge in [0, 0.05) is 6.54 Å². The van der Waals surface area contributed by atoms with Crippen molar-refractivity contribution in [1.82, 2.24) is 5.32 Å². The molecule has 0 atom stereocenters. The van der Waals surface area contributed by atoms with Crippen molar-refractivity contribution < 1.29 is 14.7 Å². The van der Waals surface area contributed by atoms with Crippen LogP contribution in [0, 0.1) is 5.41 Å². The summed E-state index contributed by atoms with van der Waals surface area (Å²) in [4.78, 5) is 23.8. The molecule has 5 nitrogen and oxygen atoms in total. The number of hydrogen-bond donors (Lipinski definition) is 3. The van der Waals surface area contributed by atoms with E-state index in [2.05, 4.69) is 5.32 Å². The van der Waals surface area contributed by atoms with E-state index in [-0.39, 0.29) is 5.91 Å². The first-order chi connectivity index (χ1) is 8.55. The van der Waals surface area contributed by atoms with Crippen LogP contribution in [0.25, 0.3) is 0 Å². The molecule has 0 unspecified atom stereocenters. The average Bonchev–Trinajstić information content (AvgIpc) is 2.29. The summed E-state index contributed by atoms with van der Waals surface area (Å²) in [6.45, 7) is 0.314. The topological polar surface area (TPSA) is 92.4 Å². The minimum Gasteiger partial charge on any atom is -0.480 e. The molecule has 1 amide bonds. The van der Waals surface area contributed by atoms with E-state index in [0.717, 1.165) is 38.5 Å². The van der Waals surface area contributed by atoms with Crippen LogP contribution in [0.4, 0.5) is 0 Å². The van der Waals surface area contributed by atoms with Gasteiger partial charge in [0.25, 0.3) is 0 Å². The molecule has 0 aromatic heterocycles. The lowest BCUT2D eigenvalue weighted by molar-refractivity contribution is -0.152. The largest absolute Gasteiger partial charge is 0.480 e. The Kier molecular flexibility index (Phi) is 3.61. The van der Waals surface area contributed by atoms with Crippen molar-refractivity contribution in [3.8, 4) is 0 Å². The van der Waals surface area contributed by atoms with Crippen molar-refractivity contribution in [3.63, 3.8) is 0 Å². The van der Waals surface area contributed by atoms with E-state index in [1.54, 1.807) is 0 Å². The number of carboxylic acid groups (broad SMARTS) is 1. The highest BCUT2D eigenvalue weighted by Crippen LogP contribution is 2.41. The zero-order valence-electron chi connectivity index (χ0n) is 10.7. The predicted octanol–water partition coefficient (Wildman–Crippen LogP) is 1.02. The van der Waals surface area contributed by atoms with E-state index >= 15 is 0 Å². The van der Waals surface area contributed by atoms with Gasteiger partial charge in [0.05, 0.1) is 5.41 Å². The molecule has 0 aromatic carbocycles. The fraction of sp³-hybridized carbons (Fsp3) is 0.846. The summed E-state index contributed by atoms with van der Waals surface area (Å²) in [6.07, 6.45) is 6.42. The lowest BCUT2D eigenvalue weighted by atomic mass is 9.67. The van der Waals surface area contributed by atoms with Crippen LogP contribution in [-0.4, -0.2) is 29.1 Å². The number of nitrogens with one attached hydrogen (secondary N) is 1. The first kappa shape index (κ1) is 13.3. The molecule has 5 heteroatoms. The van der Waals surface area contributed by atoms with Crippen LogP contribution in [0.1, 0.15) is 51.4 Å². The molecular formula is C13H22N2O3. The van der Waals surface area contributed by atoms with Gasteiger partial charge in [0.2, 0.25) is 5.91 Å². The van der Waals surface area contributed by atoms with Crippen LogP contribution in [0.15, 0.2) is 0 Å². The number of hydrogen-bond acceptors (Lipinski definition) is 3. The number of carbonyl (C=O) groups excluding carboxylic acids is 1. The maximum Gasteiger partial charge on any atom is 0.329 e. The fourth-order valence-electron chi connectivity index (χ4n) is 3.03. The van der Waals surface area contributed by atoms with Crippen LogP contribution >= 0.6 is 0 Å². The Balaban J connectivity index is 2.09. The van der Waals surface area contributed by atoms with Gasteiger partial charge in [-0.05, 0) is 25.7 Å². The maximum atomic E-state index is 12.3. The molecule has 18 heavy (non-hydrogen) atoms. The minimum absolute atomic E-state index is 0.152. The highest BCUT2D eigenvalue weighted by molar-refractivity contribution is 5.90. The Morgan fingerprint density at radius 1 is 1.06 bits per heavy atom. The van der Waals surface area contributed by atoms with Crippen LogP contribution in [0.5, 0.6) is 0 Å².